The minimum absolute atomic E-state index is 0.278. The monoisotopic (exact) mass is 545 g/mol. The van der Waals surface area contributed by atoms with Crippen LogP contribution in [0.4, 0.5) is 11.8 Å². The molecule has 2 heterocycles. The number of carbonyl (C=O) groups excluding carboxylic acids is 1. The van der Waals surface area contributed by atoms with Crippen molar-refractivity contribution in [3.05, 3.63) is 35.7 Å². The highest BCUT2D eigenvalue weighted by atomic mass is 32.2. The smallest absolute Gasteiger partial charge is 0.224 e. The molecule has 9 heteroatoms. The van der Waals surface area contributed by atoms with Crippen LogP contribution in [0.15, 0.2) is 29.6 Å². The zero-order valence-electron chi connectivity index (χ0n) is 22.8. The second-order valence-electron chi connectivity index (χ2n) is 12.3. The Kier molecular flexibility index (Phi) is 7.77. The highest BCUT2D eigenvalue weighted by molar-refractivity contribution is 7.98. The van der Waals surface area contributed by atoms with Crippen molar-refractivity contribution >= 4 is 29.3 Å². The molecule has 3 N–H and O–H groups in total. The summed E-state index contributed by atoms with van der Waals surface area (Å²) in [4.78, 5) is 25.2. The number of nitrogens with one attached hydrogen (secondary N) is 3. The molecule has 4 bridgehead atoms. The summed E-state index contributed by atoms with van der Waals surface area (Å²) in [5, 5.41) is 21.6. The predicted octanol–water partition coefficient (Wildman–Crippen LogP) is 5.03. The molecular formula is C30H39N7OS. The quantitative estimate of drug-likeness (QED) is 0.353. The summed E-state index contributed by atoms with van der Waals surface area (Å²) in [6.07, 6.45) is 15.6. The van der Waals surface area contributed by atoms with Gasteiger partial charge in [-0.25, -0.2) is 9.97 Å². The van der Waals surface area contributed by atoms with Crippen molar-refractivity contribution in [2.75, 3.05) is 30.0 Å². The second-order valence-corrected chi connectivity index (χ2v) is 13.1. The molecule has 0 saturated heterocycles. The third-order valence-corrected chi connectivity index (χ3v) is 10.5. The molecule has 0 aliphatic heterocycles. The van der Waals surface area contributed by atoms with Crippen LogP contribution in [0.1, 0.15) is 68.9 Å². The number of thioether (sulfide) groups is 1. The van der Waals surface area contributed by atoms with Gasteiger partial charge in [0.25, 0.3) is 0 Å². The highest BCUT2D eigenvalue weighted by Gasteiger charge is 2.55. The first-order valence-corrected chi connectivity index (χ1v) is 15.7. The SMILES string of the molecule is CSc1ncccc1CNc1ncc(C#N)c(NCC23CC4C[C@H](C2)C(NCC2CCC(=O)CC2)[C@@H](C4)C3)n1. The summed E-state index contributed by atoms with van der Waals surface area (Å²) >= 11 is 1.62. The van der Waals surface area contributed by atoms with Crippen LogP contribution in [0.2, 0.25) is 0 Å². The third kappa shape index (κ3) is 5.78. The molecule has 206 valence electrons. The lowest BCUT2D eigenvalue weighted by molar-refractivity contribution is -0.121. The van der Waals surface area contributed by atoms with Gasteiger partial charge in [0.1, 0.15) is 28.3 Å². The van der Waals surface area contributed by atoms with Crippen LogP contribution in [0.5, 0.6) is 0 Å². The fourth-order valence-corrected chi connectivity index (χ4v) is 8.69. The number of carbonyl (C=O) groups is 1. The zero-order valence-corrected chi connectivity index (χ0v) is 23.6. The van der Waals surface area contributed by atoms with Crippen LogP contribution in [-0.4, -0.2) is 46.1 Å². The number of nitriles is 1. The molecule has 5 atom stereocenters. The van der Waals surface area contributed by atoms with Gasteiger partial charge in [0.2, 0.25) is 5.95 Å². The minimum atomic E-state index is 0.278. The van der Waals surface area contributed by atoms with Crippen LogP contribution in [-0.2, 0) is 11.3 Å². The molecule has 0 spiro atoms. The van der Waals surface area contributed by atoms with Crippen LogP contribution in [0, 0.1) is 40.4 Å². The van der Waals surface area contributed by atoms with Gasteiger partial charge in [-0.3, -0.25) is 4.79 Å². The summed E-state index contributed by atoms with van der Waals surface area (Å²) in [6.45, 7) is 2.51. The number of rotatable bonds is 10. The Bertz CT molecular complexity index is 1220. The number of Topliss-reactive ketones (excluding diaryl/α,β-unsaturated/α-hetero) is 1. The summed E-state index contributed by atoms with van der Waals surface area (Å²) in [5.41, 5.74) is 1.86. The lowest BCUT2D eigenvalue weighted by atomic mass is 9.48. The van der Waals surface area contributed by atoms with E-state index in [1.807, 2.05) is 12.3 Å². The van der Waals surface area contributed by atoms with E-state index in [1.54, 1.807) is 24.2 Å². The van der Waals surface area contributed by atoms with Crippen molar-refractivity contribution in [2.45, 2.75) is 75.4 Å². The molecule has 7 rings (SSSR count). The normalized spacial score (nSPS) is 29.8. The minimum Gasteiger partial charge on any atom is -0.368 e. The highest BCUT2D eigenvalue weighted by Crippen LogP contribution is 2.60. The van der Waals surface area contributed by atoms with Crippen molar-refractivity contribution in [3.63, 3.8) is 0 Å². The van der Waals surface area contributed by atoms with E-state index in [4.69, 9.17) is 4.98 Å². The Morgan fingerprint density at radius 3 is 2.67 bits per heavy atom. The van der Waals surface area contributed by atoms with Crippen LogP contribution in [0.3, 0.4) is 0 Å². The maximum absolute atomic E-state index is 11.6. The average Bonchev–Trinajstić information content (AvgIpc) is 2.95. The van der Waals surface area contributed by atoms with Gasteiger partial charge >= 0.3 is 0 Å². The second kappa shape index (κ2) is 11.4. The Morgan fingerprint density at radius 2 is 1.92 bits per heavy atom. The van der Waals surface area contributed by atoms with E-state index in [1.165, 1.54) is 32.1 Å². The topological polar surface area (TPSA) is 116 Å². The van der Waals surface area contributed by atoms with Crippen molar-refractivity contribution in [2.24, 2.45) is 29.1 Å². The van der Waals surface area contributed by atoms with Crippen LogP contribution >= 0.6 is 11.8 Å². The predicted molar refractivity (Wildman–Crippen MR) is 153 cm³/mol. The van der Waals surface area contributed by atoms with Gasteiger partial charge in [0, 0.05) is 43.7 Å². The number of hydrogen-bond acceptors (Lipinski definition) is 9. The van der Waals surface area contributed by atoms with Crippen molar-refractivity contribution in [1.82, 2.24) is 20.3 Å². The molecule has 5 saturated carbocycles. The Labute approximate surface area is 235 Å². The largest absolute Gasteiger partial charge is 0.368 e. The van der Waals surface area contributed by atoms with Gasteiger partial charge in [0.05, 0.1) is 6.20 Å². The third-order valence-electron chi connectivity index (χ3n) is 9.73. The molecule has 8 nitrogen and oxygen atoms in total. The first-order valence-electron chi connectivity index (χ1n) is 14.5. The van der Waals surface area contributed by atoms with E-state index >= 15 is 0 Å². The molecular weight excluding hydrogens is 506 g/mol. The van der Waals surface area contributed by atoms with Crippen molar-refractivity contribution in [1.29, 1.82) is 5.26 Å². The lowest BCUT2D eigenvalue weighted by Gasteiger charge is -2.60. The van der Waals surface area contributed by atoms with E-state index in [2.05, 4.69) is 38.1 Å². The molecule has 0 amide bonds. The maximum Gasteiger partial charge on any atom is 0.224 e. The average molecular weight is 546 g/mol. The van der Waals surface area contributed by atoms with Gasteiger partial charge in [-0.2, -0.15) is 10.2 Å². The fourth-order valence-electron chi connectivity index (χ4n) is 8.12. The summed E-state index contributed by atoms with van der Waals surface area (Å²) in [5.74, 6) is 4.52. The number of anilines is 2. The molecule has 2 aromatic rings. The van der Waals surface area contributed by atoms with E-state index in [-0.39, 0.29) is 5.41 Å². The molecule has 5 aliphatic rings. The number of ketones is 1. The Balaban J connectivity index is 1.08. The fraction of sp³-hybridized carbons (Fsp3) is 0.633. The molecule has 5 fully saturated rings. The lowest BCUT2D eigenvalue weighted by Crippen LogP contribution is -2.60. The van der Waals surface area contributed by atoms with Gasteiger partial charge in [0.15, 0.2) is 0 Å². The maximum atomic E-state index is 11.6. The number of nitrogens with zero attached hydrogens (tertiary/aromatic N) is 4. The van der Waals surface area contributed by atoms with Crippen LogP contribution in [0.25, 0.3) is 0 Å². The van der Waals surface area contributed by atoms with Gasteiger partial charge in [-0.1, -0.05) is 6.07 Å². The first kappa shape index (κ1) is 26.5. The van der Waals surface area contributed by atoms with Gasteiger partial charge in [-0.05, 0) is 92.9 Å². The Hall–Kier alpha value is -2.70. The first-order chi connectivity index (χ1) is 19.0. The van der Waals surface area contributed by atoms with Crippen molar-refractivity contribution < 1.29 is 4.79 Å². The standard InChI is InChI=1S/C30H39N7OS/c1-39-28-21(3-2-8-32-28)16-34-29-35-17-24(14-31)27(37-29)36-18-30-11-20-9-22(12-30)26(23(10-20)13-30)33-15-19-4-6-25(38)7-5-19/h2-3,8,17,19-20,22-23,26,33H,4-7,9-13,15-16,18H2,1H3,(H2,34,35,36,37)/t20?,22-,23+,26?,30?. The molecule has 5 aliphatic carbocycles. The number of aromatic nitrogens is 3. The number of hydrogen-bond donors (Lipinski definition) is 3. The van der Waals surface area contributed by atoms with Crippen LogP contribution < -0.4 is 16.0 Å². The van der Waals surface area contributed by atoms with Crippen molar-refractivity contribution in [3.8, 4) is 6.07 Å². The summed E-state index contributed by atoms with van der Waals surface area (Å²) in [7, 11) is 0. The zero-order chi connectivity index (χ0) is 26.8. The van der Waals surface area contributed by atoms with E-state index in [9.17, 15) is 10.1 Å². The van der Waals surface area contributed by atoms with Gasteiger partial charge in [-0.15, -0.1) is 11.8 Å². The van der Waals surface area contributed by atoms with E-state index in [0.29, 0.717) is 41.6 Å². The molecule has 0 aromatic carbocycles. The summed E-state index contributed by atoms with van der Waals surface area (Å²) < 4.78 is 0. The molecule has 2 aromatic heterocycles. The molecule has 0 radical (unpaired) electrons. The molecule has 39 heavy (non-hydrogen) atoms. The van der Waals surface area contributed by atoms with E-state index < -0.39 is 0 Å². The number of pyridine rings is 1. The van der Waals surface area contributed by atoms with Gasteiger partial charge < -0.3 is 16.0 Å². The summed E-state index contributed by atoms with van der Waals surface area (Å²) in [6, 6.07) is 6.89. The Morgan fingerprint density at radius 1 is 1.13 bits per heavy atom. The molecule has 3 unspecified atom stereocenters. The van der Waals surface area contributed by atoms with E-state index in [0.717, 1.165) is 67.1 Å².